The minimum Gasteiger partial charge on any atom is -0.356 e. The number of nitrogens with one attached hydrogen (secondary N) is 1. The normalized spacial score (nSPS) is 15.1. The lowest BCUT2D eigenvalue weighted by Gasteiger charge is -2.32. The molecule has 1 fully saturated rings. The zero-order valence-electron chi connectivity index (χ0n) is 14.4. The quantitative estimate of drug-likeness (QED) is 0.650. The van der Waals surface area contributed by atoms with Crippen molar-refractivity contribution in [2.24, 2.45) is 5.92 Å². The summed E-state index contributed by atoms with van der Waals surface area (Å²) in [7, 11) is 0. The number of carbonyl (C=O) groups excluding carboxylic acids is 1. The number of fused-ring (bicyclic) bond motifs is 1. The minimum absolute atomic E-state index is 0.0174. The monoisotopic (exact) mass is 445 g/mol. The Bertz CT molecular complexity index is 974. The molecule has 8 heteroatoms. The van der Waals surface area contributed by atoms with Crippen molar-refractivity contribution < 1.29 is 4.79 Å². The van der Waals surface area contributed by atoms with Crippen LogP contribution in [-0.4, -0.2) is 33.9 Å². The van der Waals surface area contributed by atoms with Crippen molar-refractivity contribution in [1.82, 2.24) is 15.0 Å². The molecule has 0 radical (unpaired) electrons. The van der Waals surface area contributed by atoms with E-state index in [2.05, 4.69) is 41.1 Å². The zero-order valence-corrected chi connectivity index (χ0v) is 16.7. The molecule has 3 heterocycles. The van der Waals surface area contributed by atoms with Gasteiger partial charge < -0.3 is 10.2 Å². The molecule has 0 bridgehead atoms. The molecule has 0 atom stereocenters. The number of anilines is 2. The van der Waals surface area contributed by atoms with E-state index in [0.29, 0.717) is 10.8 Å². The number of carbonyl (C=O) groups is 1. The number of piperidine rings is 1. The van der Waals surface area contributed by atoms with E-state index in [0.717, 1.165) is 47.1 Å². The van der Waals surface area contributed by atoms with Gasteiger partial charge in [0.05, 0.1) is 5.52 Å². The Morgan fingerprint density at radius 2 is 1.96 bits per heavy atom. The molecule has 1 amide bonds. The van der Waals surface area contributed by atoms with E-state index in [1.165, 1.54) is 0 Å². The van der Waals surface area contributed by atoms with Gasteiger partial charge in [-0.3, -0.25) is 4.79 Å². The first-order valence-corrected chi connectivity index (χ1v) is 9.85. The molecule has 6 nitrogen and oxygen atoms in total. The van der Waals surface area contributed by atoms with Crippen LogP contribution in [0.3, 0.4) is 0 Å². The highest BCUT2D eigenvalue weighted by Crippen LogP contribution is 2.29. The van der Waals surface area contributed by atoms with Crippen LogP contribution in [0.4, 0.5) is 11.6 Å². The maximum atomic E-state index is 12.5. The van der Waals surface area contributed by atoms with Gasteiger partial charge in [-0.2, -0.15) is 0 Å². The number of benzene rings is 1. The van der Waals surface area contributed by atoms with Gasteiger partial charge in [-0.05, 0) is 59.1 Å². The van der Waals surface area contributed by atoms with Crippen molar-refractivity contribution in [3.63, 3.8) is 0 Å². The third kappa shape index (κ3) is 4.04. The van der Waals surface area contributed by atoms with Crippen LogP contribution in [0, 0.1) is 5.92 Å². The van der Waals surface area contributed by atoms with Gasteiger partial charge in [-0.1, -0.05) is 11.6 Å². The van der Waals surface area contributed by atoms with Crippen LogP contribution < -0.4 is 10.2 Å². The Kier molecular flexibility index (Phi) is 5.22. The predicted octanol–water partition coefficient (Wildman–Crippen LogP) is 4.30. The fourth-order valence-electron chi connectivity index (χ4n) is 3.30. The van der Waals surface area contributed by atoms with Crippen LogP contribution in [0.2, 0.25) is 5.02 Å². The Balaban J connectivity index is 1.43. The van der Waals surface area contributed by atoms with Gasteiger partial charge in [0.1, 0.15) is 18.0 Å². The molecule has 138 valence electrons. The van der Waals surface area contributed by atoms with E-state index in [-0.39, 0.29) is 11.8 Å². The number of hydrogen-bond donors (Lipinski definition) is 1. The summed E-state index contributed by atoms with van der Waals surface area (Å²) in [5.41, 5.74) is 0.827. The second-order valence-corrected chi connectivity index (χ2v) is 7.82. The average molecular weight is 447 g/mol. The van der Waals surface area contributed by atoms with Gasteiger partial charge in [0.25, 0.3) is 0 Å². The Morgan fingerprint density at radius 1 is 1.15 bits per heavy atom. The number of nitrogens with zero attached hydrogens (tertiary/aromatic N) is 4. The second-order valence-electron chi connectivity index (χ2n) is 6.47. The van der Waals surface area contributed by atoms with Crippen molar-refractivity contribution in [1.29, 1.82) is 0 Å². The van der Waals surface area contributed by atoms with E-state index < -0.39 is 0 Å². The molecule has 3 aromatic rings. The number of rotatable bonds is 3. The summed E-state index contributed by atoms with van der Waals surface area (Å²) in [6.45, 7) is 1.53. The number of hydrogen-bond acceptors (Lipinski definition) is 5. The van der Waals surface area contributed by atoms with Crippen LogP contribution >= 0.6 is 27.5 Å². The molecule has 1 saturated heterocycles. The van der Waals surface area contributed by atoms with Crippen LogP contribution in [0.25, 0.3) is 10.9 Å². The van der Waals surface area contributed by atoms with E-state index in [1.807, 2.05) is 24.3 Å². The van der Waals surface area contributed by atoms with Crippen molar-refractivity contribution in [2.45, 2.75) is 12.8 Å². The van der Waals surface area contributed by atoms with Crippen LogP contribution in [0.1, 0.15) is 12.8 Å². The molecule has 4 rings (SSSR count). The molecule has 0 saturated carbocycles. The van der Waals surface area contributed by atoms with Gasteiger partial charge in [-0.25, -0.2) is 15.0 Å². The third-order valence-corrected chi connectivity index (χ3v) is 5.43. The summed E-state index contributed by atoms with van der Waals surface area (Å²) < 4.78 is 0.882. The summed E-state index contributed by atoms with van der Waals surface area (Å²) in [6, 6.07) is 9.29. The lowest BCUT2D eigenvalue weighted by atomic mass is 9.95. The molecule has 0 aliphatic carbocycles. The third-order valence-electron chi connectivity index (χ3n) is 4.72. The topological polar surface area (TPSA) is 71.0 Å². The standard InChI is InChI=1S/C19H17BrClN5O/c20-13-1-4-17(22-10-13)25-19(27)12-5-7-26(8-6-12)18-15-3-2-14(21)9-16(15)23-11-24-18/h1-4,9-12H,5-8H2,(H,22,25,27). The van der Waals surface area contributed by atoms with E-state index in [9.17, 15) is 4.79 Å². The Labute approximate surface area is 170 Å². The summed E-state index contributed by atoms with van der Waals surface area (Å²) in [6.07, 6.45) is 4.76. The fraction of sp³-hybridized carbons (Fsp3) is 0.263. The van der Waals surface area contributed by atoms with Crippen molar-refractivity contribution in [3.05, 3.63) is 52.4 Å². The highest BCUT2D eigenvalue weighted by molar-refractivity contribution is 9.10. The van der Waals surface area contributed by atoms with Crippen LogP contribution in [0.5, 0.6) is 0 Å². The Morgan fingerprint density at radius 3 is 2.70 bits per heavy atom. The highest BCUT2D eigenvalue weighted by Gasteiger charge is 2.26. The maximum absolute atomic E-state index is 12.5. The molecule has 2 aromatic heterocycles. The number of pyridine rings is 1. The second kappa shape index (κ2) is 7.78. The maximum Gasteiger partial charge on any atom is 0.228 e. The molecular weight excluding hydrogens is 430 g/mol. The molecule has 0 unspecified atom stereocenters. The Hall–Kier alpha value is -2.25. The lowest BCUT2D eigenvalue weighted by Crippen LogP contribution is -2.38. The summed E-state index contributed by atoms with van der Waals surface area (Å²) >= 11 is 9.40. The van der Waals surface area contributed by atoms with Gasteiger partial charge in [0, 0.05) is 40.1 Å². The average Bonchev–Trinajstić information content (AvgIpc) is 2.69. The van der Waals surface area contributed by atoms with Gasteiger partial charge in [-0.15, -0.1) is 0 Å². The number of aromatic nitrogens is 3. The zero-order chi connectivity index (χ0) is 18.8. The molecular formula is C19H17BrClN5O. The molecule has 27 heavy (non-hydrogen) atoms. The molecule has 1 aliphatic heterocycles. The van der Waals surface area contributed by atoms with Crippen LogP contribution in [0.15, 0.2) is 47.3 Å². The molecule has 0 spiro atoms. The molecule has 1 aliphatic rings. The lowest BCUT2D eigenvalue weighted by molar-refractivity contribution is -0.120. The summed E-state index contributed by atoms with van der Waals surface area (Å²) in [5.74, 6) is 1.45. The van der Waals surface area contributed by atoms with Crippen molar-refractivity contribution in [2.75, 3.05) is 23.3 Å². The van der Waals surface area contributed by atoms with Gasteiger partial charge >= 0.3 is 0 Å². The van der Waals surface area contributed by atoms with Crippen LogP contribution in [-0.2, 0) is 4.79 Å². The minimum atomic E-state index is -0.0331. The SMILES string of the molecule is O=C(Nc1ccc(Br)cn1)C1CCN(c2ncnc3cc(Cl)ccc23)CC1. The summed E-state index contributed by atoms with van der Waals surface area (Å²) in [4.78, 5) is 27.7. The highest BCUT2D eigenvalue weighted by atomic mass is 79.9. The fourth-order valence-corrected chi connectivity index (χ4v) is 3.70. The largest absolute Gasteiger partial charge is 0.356 e. The van der Waals surface area contributed by atoms with E-state index in [4.69, 9.17) is 11.6 Å². The van der Waals surface area contributed by atoms with Gasteiger partial charge in [0.2, 0.25) is 5.91 Å². The first-order chi connectivity index (χ1) is 13.1. The van der Waals surface area contributed by atoms with Crippen molar-refractivity contribution in [3.8, 4) is 0 Å². The smallest absolute Gasteiger partial charge is 0.228 e. The van der Waals surface area contributed by atoms with E-state index >= 15 is 0 Å². The van der Waals surface area contributed by atoms with Gasteiger partial charge in [0.15, 0.2) is 0 Å². The number of halogens is 2. The van der Waals surface area contributed by atoms with Crippen molar-refractivity contribution >= 4 is 56.0 Å². The first kappa shape index (κ1) is 18.1. The first-order valence-electron chi connectivity index (χ1n) is 8.68. The number of amides is 1. The predicted molar refractivity (Wildman–Crippen MR) is 110 cm³/mol. The summed E-state index contributed by atoms with van der Waals surface area (Å²) in [5, 5.41) is 4.53. The molecule has 1 N–H and O–H groups in total. The molecule has 1 aromatic carbocycles. The van der Waals surface area contributed by atoms with E-state index in [1.54, 1.807) is 18.6 Å².